The van der Waals surface area contributed by atoms with E-state index in [1.807, 2.05) is 44.8 Å². The first kappa shape index (κ1) is 15.3. The standard InChI is InChI=1S/C15H21N7O/c1-10-7-17-21(9-10)6-5-16-14-19-12-11(13(23)20-14)8-18-22(12)15(2,3)4/h7-9H,5-6H2,1-4H3,(H2,16,19,20,23). The molecule has 8 heteroatoms. The average molecular weight is 315 g/mol. The van der Waals surface area contributed by atoms with E-state index in [-0.39, 0.29) is 11.1 Å². The molecule has 3 aromatic heterocycles. The summed E-state index contributed by atoms with van der Waals surface area (Å²) in [5, 5.41) is 12.1. The summed E-state index contributed by atoms with van der Waals surface area (Å²) in [4.78, 5) is 19.4. The van der Waals surface area contributed by atoms with Gasteiger partial charge in [-0.1, -0.05) is 0 Å². The second kappa shape index (κ2) is 5.53. The number of nitrogens with one attached hydrogen (secondary N) is 2. The van der Waals surface area contributed by atoms with Crippen LogP contribution in [0.15, 0.2) is 23.4 Å². The quantitative estimate of drug-likeness (QED) is 0.761. The molecule has 0 amide bonds. The molecule has 122 valence electrons. The van der Waals surface area contributed by atoms with Crippen LogP contribution in [0.25, 0.3) is 11.0 Å². The highest BCUT2D eigenvalue weighted by molar-refractivity contribution is 5.74. The second-order valence-electron chi connectivity index (χ2n) is 6.59. The van der Waals surface area contributed by atoms with Crippen molar-refractivity contribution in [3.05, 3.63) is 34.5 Å². The van der Waals surface area contributed by atoms with E-state index in [9.17, 15) is 4.79 Å². The molecular formula is C15H21N7O. The molecule has 0 spiro atoms. The van der Waals surface area contributed by atoms with Crippen LogP contribution in [0, 0.1) is 6.92 Å². The summed E-state index contributed by atoms with van der Waals surface area (Å²) in [5.41, 5.74) is 1.26. The lowest BCUT2D eigenvalue weighted by Gasteiger charge is -2.19. The average Bonchev–Trinajstić information content (AvgIpc) is 3.05. The highest BCUT2D eigenvalue weighted by Gasteiger charge is 2.19. The fourth-order valence-corrected chi connectivity index (χ4v) is 2.37. The zero-order valence-corrected chi connectivity index (χ0v) is 13.8. The number of aromatic nitrogens is 6. The summed E-state index contributed by atoms with van der Waals surface area (Å²) in [6, 6.07) is 0. The van der Waals surface area contributed by atoms with Crippen LogP contribution in [0.1, 0.15) is 26.3 Å². The highest BCUT2D eigenvalue weighted by atomic mass is 16.1. The van der Waals surface area contributed by atoms with Crippen molar-refractivity contribution in [1.29, 1.82) is 0 Å². The Labute approximate surface area is 133 Å². The molecule has 0 bridgehead atoms. The number of aryl methyl sites for hydroxylation is 1. The second-order valence-corrected chi connectivity index (χ2v) is 6.59. The lowest BCUT2D eigenvalue weighted by atomic mass is 10.1. The largest absolute Gasteiger partial charge is 0.354 e. The smallest absolute Gasteiger partial charge is 0.263 e. The van der Waals surface area contributed by atoms with Crippen LogP contribution in [0.2, 0.25) is 0 Å². The zero-order valence-electron chi connectivity index (χ0n) is 13.8. The minimum Gasteiger partial charge on any atom is -0.354 e. The monoisotopic (exact) mass is 315 g/mol. The van der Waals surface area contributed by atoms with Crippen LogP contribution >= 0.6 is 0 Å². The van der Waals surface area contributed by atoms with Crippen molar-refractivity contribution >= 4 is 17.0 Å². The summed E-state index contributed by atoms with van der Waals surface area (Å²) >= 11 is 0. The van der Waals surface area contributed by atoms with Gasteiger partial charge in [-0.2, -0.15) is 15.2 Å². The maximum absolute atomic E-state index is 12.2. The van der Waals surface area contributed by atoms with E-state index in [2.05, 4.69) is 25.5 Å². The Bertz CT molecular complexity index is 881. The molecular weight excluding hydrogens is 294 g/mol. The topological polar surface area (TPSA) is 93.4 Å². The summed E-state index contributed by atoms with van der Waals surface area (Å²) in [7, 11) is 0. The Morgan fingerprint density at radius 1 is 1.26 bits per heavy atom. The van der Waals surface area contributed by atoms with Gasteiger partial charge in [-0.15, -0.1) is 0 Å². The fraction of sp³-hybridized carbons (Fsp3) is 0.467. The lowest BCUT2D eigenvalue weighted by Crippen LogP contribution is -2.24. The fourth-order valence-electron chi connectivity index (χ4n) is 2.37. The van der Waals surface area contributed by atoms with Gasteiger partial charge in [0, 0.05) is 12.7 Å². The normalized spacial score (nSPS) is 12.0. The van der Waals surface area contributed by atoms with Gasteiger partial charge in [-0.25, -0.2) is 4.68 Å². The molecule has 0 radical (unpaired) electrons. The third kappa shape index (κ3) is 3.10. The minimum absolute atomic E-state index is 0.192. The van der Waals surface area contributed by atoms with Crippen LogP contribution in [-0.2, 0) is 12.1 Å². The van der Waals surface area contributed by atoms with E-state index in [1.54, 1.807) is 10.9 Å². The van der Waals surface area contributed by atoms with Gasteiger partial charge in [0.25, 0.3) is 5.56 Å². The molecule has 0 atom stereocenters. The van der Waals surface area contributed by atoms with Gasteiger partial charge < -0.3 is 5.32 Å². The molecule has 0 fully saturated rings. The molecule has 3 rings (SSSR count). The molecule has 0 aliphatic rings. The Balaban J connectivity index is 1.82. The Hall–Kier alpha value is -2.64. The van der Waals surface area contributed by atoms with Gasteiger partial charge in [0.15, 0.2) is 5.65 Å². The van der Waals surface area contributed by atoms with Crippen molar-refractivity contribution in [3.63, 3.8) is 0 Å². The lowest BCUT2D eigenvalue weighted by molar-refractivity contribution is 0.366. The molecule has 0 aliphatic carbocycles. The number of anilines is 1. The third-order valence-electron chi connectivity index (χ3n) is 3.47. The number of hydrogen-bond acceptors (Lipinski definition) is 5. The molecule has 3 heterocycles. The number of aromatic amines is 1. The van der Waals surface area contributed by atoms with Crippen molar-refractivity contribution in [1.82, 2.24) is 29.5 Å². The van der Waals surface area contributed by atoms with Gasteiger partial charge in [0.2, 0.25) is 5.95 Å². The first-order valence-corrected chi connectivity index (χ1v) is 7.56. The van der Waals surface area contributed by atoms with E-state index < -0.39 is 0 Å². The van der Waals surface area contributed by atoms with Crippen molar-refractivity contribution in [2.45, 2.75) is 39.8 Å². The van der Waals surface area contributed by atoms with Gasteiger partial charge in [0.05, 0.1) is 24.5 Å². The van der Waals surface area contributed by atoms with Crippen LogP contribution < -0.4 is 10.9 Å². The van der Waals surface area contributed by atoms with Crippen LogP contribution in [0.3, 0.4) is 0 Å². The van der Waals surface area contributed by atoms with E-state index >= 15 is 0 Å². The van der Waals surface area contributed by atoms with E-state index in [1.165, 1.54) is 0 Å². The van der Waals surface area contributed by atoms with Crippen molar-refractivity contribution in [2.24, 2.45) is 0 Å². The molecule has 23 heavy (non-hydrogen) atoms. The SMILES string of the molecule is Cc1cnn(CCNc2nc3c(cnn3C(C)(C)C)c(=O)[nH]2)c1. The summed E-state index contributed by atoms with van der Waals surface area (Å²) in [6.07, 6.45) is 5.34. The van der Waals surface area contributed by atoms with E-state index in [0.29, 0.717) is 30.1 Å². The molecule has 0 saturated carbocycles. The third-order valence-corrected chi connectivity index (χ3v) is 3.47. The molecule has 0 unspecified atom stereocenters. The maximum Gasteiger partial charge on any atom is 0.263 e. The number of H-pyrrole nitrogens is 1. The molecule has 8 nitrogen and oxygen atoms in total. The predicted molar refractivity (Wildman–Crippen MR) is 88.6 cm³/mol. The molecule has 0 saturated heterocycles. The van der Waals surface area contributed by atoms with Crippen molar-refractivity contribution < 1.29 is 0 Å². The van der Waals surface area contributed by atoms with Gasteiger partial charge in [-0.05, 0) is 33.3 Å². The number of rotatable bonds is 4. The van der Waals surface area contributed by atoms with Gasteiger partial charge in [-0.3, -0.25) is 14.5 Å². The van der Waals surface area contributed by atoms with Crippen molar-refractivity contribution in [3.8, 4) is 0 Å². The highest BCUT2D eigenvalue weighted by Crippen LogP contribution is 2.18. The summed E-state index contributed by atoms with van der Waals surface area (Å²) < 4.78 is 3.61. The number of fused-ring (bicyclic) bond motifs is 1. The molecule has 2 N–H and O–H groups in total. The Morgan fingerprint density at radius 3 is 2.70 bits per heavy atom. The number of nitrogens with zero attached hydrogens (tertiary/aromatic N) is 5. The van der Waals surface area contributed by atoms with Crippen LogP contribution in [0.5, 0.6) is 0 Å². The minimum atomic E-state index is -0.244. The zero-order chi connectivity index (χ0) is 16.6. The first-order chi connectivity index (χ1) is 10.8. The van der Waals surface area contributed by atoms with Crippen LogP contribution in [-0.4, -0.2) is 36.1 Å². The van der Waals surface area contributed by atoms with E-state index in [0.717, 1.165) is 5.56 Å². The van der Waals surface area contributed by atoms with Gasteiger partial charge >= 0.3 is 0 Å². The Morgan fingerprint density at radius 2 is 2.04 bits per heavy atom. The first-order valence-electron chi connectivity index (χ1n) is 7.56. The molecule has 3 aromatic rings. The Kier molecular flexibility index (Phi) is 3.67. The summed E-state index contributed by atoms with van der Waals surface area (Å²) in [5.74, 6) is 0.442. The number of hydrogen-bond donors (Lipinski definition) is 2. The van der Waals surface area contributed by atoms with Crippen molar-refractivity contribution in [2.75, 3.05) is 11.9 Å². The van der Waals surface area contributed by atoms with E-state index in [4.69, 9.17) is 0 Å². The maximum atomic E-state index is 12.2. The van der Waals surface area contributed by atoms with Crippen LogP contribution in [0.4, 0.5) is 5.95 Å². The summed E-state index contributed by atoms with van der Waals surface area (Å²) in [6.45, 7) is 9.37. The predicted octanol–water partition coefficient (Wildman–Crippen LogP) is 1.49. The molecule has 0 aliphatic heterocycles. The molecule has 0 aromatic carbocycles. The van der Waals surface area contributed by atoms with Gasteiger partial charge in [0.1, 0.15) is 5.39 Å².